The van der Waals surface area contributed by atoms with Crippen molar-refractivity contribution in [1.82, 2.24) is 10.3 Å². The molecule has 1 aromatic heterocycles. The Labute approximate surface area is 131 Å². The third kappa shape index (κ3) is 4.58. The van der Waals surface area contributed by atoms with Crippen molar-refractivity contribution in [2.24, 2.45) is 0 Å². The van der Waals surface area contributed by atoms with Gasteiger partial charge in [-0.25, -0.2) is 8.78 Å². The normalized spacial score (nSPS) is 12.7. The highest BCUT2D eigenvalue weighted by Crippen LogP contribution is 2.22. The second-order valence-electron chi connectivity index (χ2n) is 5.22. The number of nitrogens with one attached hydrogen (secondary N) is 1. The van der Waals surface area contributed by atoms with Crippen LogP contribution in [0.15, 0.2) is 41.0 Å². The first-order valence-electron chi connectivity index (χ1n) is 6.77. The highest BCUT2D eigenvalue weighted by atomic mass is 79.9. The Kier molecular flexibility index (Phi) is 5.42. The molecule has 0 fully saturated rings. The number of hydrogen-bond donors (Lipinski definition) is 1. The van der Waals surface area contributed by atoms with Crippen LogP contribution in [-0.2, 0) is 6.42 Å². The minimum Gasteiger partial charge on any atom is -0.306 e. The Hall–Kier alpha value is -1.33. The second-order valence-corrected chi connectivity index (χ2v) is 6.13. The molecule has 1 unspecified atom stereocenters. The van der Waals surface area contributed by atoms with Gasteiger partial charge in [0.1, 0.15) is 11.6 Å². The van der Waals surface area contributed by atoms with Gasteiger partial charge < -0.3 is 5.32 Å². The van der Waals surface area contributed by atoms with Crippen molar-refractivity contribution in [3.8, 4) is 0 Å². The van der Waals surface area contributed by atoms with Crippen LogP contribution < -0.4 is 5.32 Å². The number of halogens is 3. The zero-order valence-electron chi connectivity index (χ0n) is 11.9. The molecule has 0 aliphatic heterocycles. The first kappa shape index (κ1) is 16.0. The first-order chi connectivity index (χ1) is 9.95. The van der Waals surface area contributed by atoms with E-state index < -0.39 is 0 Å². The SMILES string of the molecule is CC(C)NC(Cc1cc(Br)ccc1F)c1ccc(F)cn1. The Morgan fingerprint density at radius 2 is 1.95 bits per heavy atom. The van der Waals surface area contributed by atoms with Gasteiger partial charge in [-0.15, -0.1) is 0 Å². The van der Waals surface area contributed by atoms with E-state index in [0.29, 0.717) is 17.7 Å². The van der Waals surface area contributed by atoms with Crippen LogP contribution >= 0.6 is 15.9 Å². The topological polar surface area (TPSA) is 24.9 Å². The van der Waals surface area contributed by atoms with Gasteiger partial charge in [-0.05, 0) is 42.3 Å². The fourth-order valence-electron chi connectivity index (χ4n) is 2.16. The highest BCUT2D eigenvalue weighted by Gasteiger charge is 2.17. The molecule has 0 radical (unpaired) electrons. The molecule has 112 valence electrons. The van der Waals surface area contributed by atoms with Crippen molar-refractivity contribution in [3.05, 3.63) is 63.9 Å². The highest BCUT2D eigenvalue weighted by molar-refractivity contribution is 9.10. The number of hydrogen-bond acceptors (Lipinski definition) is 2. The maximum absolute atomic E-state index is 13.9. The van der Waals surface area contributed by atoms with E-state index >= 15 is 0 Å². The molecule has 0 saturated carbocycles. The lowest BCUT2D eigenvalue weighted by molar-refractivity contribution is 0.456. The van der Waals surface area contributed by atoms with Gasteiger partial charge in [-0.1, -0.05) is 29.8 Å². The third-order valence-electron chi connectivity index (χ3n) is 3.07. The van der Waals surface area contributed by atoms with Gasteiger partial charge in [0.15, 0.2) is 0 Å². The maximum Gasteiger partial charge on any atom is 0.141 e. The first-order valence-corrected chi connectivity index (χ1v) is 7.56. The summed E-state index contributed by atoms with van der Waals surface area (Å²) in [6.07, 6.45) is 1.63. The van der Waals surface area contributed by atoms with Crippen molar-refractivity contribution in [2.45, 2.75) is 32.4 Å². The quantitative estimate of drug-likeness (QED) is 0.860. The number of benzene rings is 1. The van der Waals surface area contributed by atoms with Gasteiger partial charge in [0.2, 0.25) is 0 Å². The van der Waals surface area contributed by atoms with E-state index in [4.69, 9.17) is 0 Å². The van der Waals surface area contributed by atoms with E-state index in [2.05, 4.69) is 26.2 Å². The molecule has 0 bridgehead atoms. The Morgan fingerprint density at radius 3 is 2.57 bits per heavy atom. The van der Waals surface area contributed by atoms with E-state index in [9.17, 15) is 8.78 Å². The average Bonchev–Trinajstić information content (AvgIpc) is 2.42. The summed E-state index contributed by atoms with van der Waals surface area (Å²) in [5, 5.41) is 3.34. The van der Waals surface area contributed by atoms with Gasteiger partial charge >= 0.3 is 0 Å². The van der Waals surface area contributed by atoms with Crippen LogP contribution in [0, 0.1) is 11.6 Å². The van der Waals surface area contributed by atoms with E-state index in [1.807, 2.05) is 13.8 Å². The van der Waals surface area contributed by atoms with Crippen LogP contribution in [0.4, 0.5) is 8.78 Å². The fraction of sp³-hybridized carbons (Fsp3) is 0.312. The van der Waals surface area contributed by atoms with Crippen LogP contribution in [0.2, 0.25) is 0 Å². The van der Waals surface area contributed by atoms with Crippen LogP contribution in [0.3, 0.4) is 0 Å². The van der Waals surface area contributed by atoms with Crippen LogP contribution in [0.5, 0.6) is 0 Å². The van der Waals surface area contributed by atoms with Crippen molar-refractivity contribution in [2.75, 3.05) is 0 Å². The Bertz CT molecular complexity index is 600. The van der Waals surface area contributed by atoms with Crippen LogP contribution in [0.1, 0.15) is 31.1 Å². The monoisotopic (exact) mass is 354 g/mol. The summed E-state index contributed by atoms with van der Waals surface area (Å²) in [4.78, 5) is 4.11. The summed E-state index contributed by atoms with van der Waals surface area (Å²) >= 11 is 3.35. The maximum atomic E-state index is 13.9. The van der Waals surface area contributed by atoms with Gasteiger partial charge in [-0.2, -0.15) is 0 Å². The molecule has 1 N–H and O–H groups in total. The van der Waals surface area contributed by atoms with Crippen LogP contribution in [-0.4, -0.2) is 11.0 Å². The van der Waals surface area contributed by atoms with E-state index in [1.165, 1.54) is 18.3 Å². The zero-order chi connectivity index (χ0) is 15.4. The van der Waals surface area contributed by atoms with E-state index in [-0.39, 0.29) is 23.7 Å². The number of aromatic nitrogens is 1. The Morgan fingerprint density at radius 1 is 1.19 bits per heavy atom. The van der Waals surface area contributed by atoms with Gasteiger partial charge in [0.25, 0.3) is 0 Å². The molecule has 0 amide bonds. The number of pyridine rings is 1. The lowest BCUT2D eigenvalue weighted by atomic mass is 10.0. The molecule has 0 aliphatic carbocycles. The standard InChI is InChI=1S/C16H17BrF2N2/c1-10(2)21-16(15-6-4-13(18)9-20-15)8-11-7-12(17)3-5-14(11)19/h3-7,9-10,16,21H,8H2,1-2H3. The zero-order valence-corrected chi connectivity index (χ0v) is 13.5. The molecule has 0 saturated heterocycles. The van der Waals surface area contributed by atoms with Crippen LogP contribution in [0.25, 0.3) is 0 Å². The number of nitrogens with zero attached hydrogens (tertiary/aromatic N) is 1. The average molecular weight is 355 g/mol. The summed E-state index contributed by atoms with van der Waals surface area (Å²) in [6.45, 7) is 4.02. The van der Waals surface area contributed by atoms with Crippen molar-refractivity contribution >= 4 is 15.9 Å². The molecule has 0 aliphatic rings. The minimum absolute atomic E-state index is 0.172. The fourth-order valence-corrected chi connectivity index (χ4v) is 2.57. The summed E-state index contributed by atoms with van der Waals surface area (Å²) in [6, 6.07) is 7.89. The molecule has 1 atom stereocenters. The van der Waals surface area contributed by atoms with Gasteiger partial charge in [-0.3, -0.25) is 4.98 Å². The Balaban J connectivity index is 2.28. The third-order valence-corrected chi connectivity index (χ3v) is 3.57. The summed E-state index contributed by atoms with van der Waals surface area (Å²) in [5.74, 6) is -0.633. The lowest BCUT2D eigenvalue weighted by Gasteiger charge is -2.21. The molecule has 0 spiro atoms. The molecule has 5 heteroatoms. The molecule has 1 heterocycles. The van der Waals surface area contributed by atoms with Crippen molar-refractivity contribution in [3.63, 3.8) is 0 Å². The number of rotatable bonds is 5. The molecule has 2 rings (SSSR count). The molecule has 21 heavy (non-hydrogen) atoms. The van der Waals surface area contributed by atoms with Crippen molar-refractivity contribution < 1.29 is 8.78 Å². The molecule has 1 aromatic carbocycles. The molecule has 2 aromatic rings. The predicted molar refractivity (Wildman–Crippen MR) is 83.0 cm³/mol. The van der Waals surface area contributed by atoms with Crippen molar-refractivity contribution in [1.29, 1.82) is 0 Å². The smallest absolute Gasteiger partial charge is 0.141 e. The molecular formula is C16H17BrF2N2. The second kappa shape index (κ2) is 7.09. The molecular weight excluding hydrogens is 338 g/mol. The summed E-state index contributed by atoms with van der Waals surface area (Å²) < 4.78 is 27.8. The van der Waals surface area contributed by atoms with E-state index in [0.717, 1.165) is 4.47 Å². The molecule has 2 nitrogen and oxygen atoms in total. The minimum atomic E-state index is -0.379. The van der Waals surface area contributed by atoms with Gasteiger partial charge in [0.05, 0.1) is 17.9 Å². The summed E-state index contributed by atoms with van der Waals surface area (Å²) in [7, 11) is 0. The largest absolute Gasteiger partial charge is 0.306 e. The predicted octanol–water partition coefficient (Wildman–Crippen LogP) is 4.40. The lowest BCUT2D eigenvalue weighted by Crippen LogP contribution is -2.30. The summed E-state index contributed by atoms with van der Waals surface area (Å²) in [5.41, 5.74) is 1.29. The van der Waals surface area contributed by atoms with E-state index in [1.54, 1.807) is 18.2 Å². The van der Waals surface area contributed by atoms with Gasteiger partial charge in [0, 0.05) is 10.5 Å².